The zero-order valence-electron chi connectivity index (χ0n) is 10.1. The van der Waals surface area contributed by atoms with Crippen LogP contribution in [-0.2, 0) is 7.05 Å². The van der Waals surface area contributed by atoms with E-state index in [2.05, 4.69) is 25.6 Å². The lowest BCUT2D eigenvalue weighted by Gasteiger charge is -2.03. The molecule has 7 nitrogen and oxygen atoms in total. The van der Waals surface area contributed by atoms with Crippen molar-refractivity contribution in [3.05, 3.63) is 42.5 Å². The molecule has 3 aromatic rings. The normalized spacial score (nSPS) is 10.6. The molecule has 0 unspecified atom stereocenters. The van der Waals surface area contributed by atoms with E-state index < -0.39 is 0 Å². The third kappa shape index (κ3) is 2.25. The highest BCUT2D eigenvalue weighted by Gasteiger charge is 2.10. The summed E-state index contributed by atoms with van der Waals surface area (Å²) in [6.07, 6.45) is 4.78. The average molecular weight is 254 g/mol. The zero-order valence-corrected chi connectivity index (χ0v) is 10.1. The van der Waals surface area contributed by atoms with Gasteiger partial charge in [-0.1, -0.05) is 5.21 Å². The van der Waals surface area contributed by atoms with Gasteiger partial charge in [-0.3, -0.25) is 19.4 Å². The van der Waals surface area contributed by atoms with E-state index in [1.165, 1.54) is 4.68 Å². The summed E-state index contributed by atoms with van der Waals surface area (Å²) < 4.78 is 1.47. The predicted molar refractivity (Wildman–Crippen MR) is 68.5 cm³/mol. The lowest BCUT2D eigenvalue weighted by atomic mass is 10.2. The van der Waals surface area contributed by atoms with Gasteiger partial charge in [0.2, 0.25) is 0 Å². The summed E-state index contributed by atoms with van der Waals surface area (Å²) in [4.78, 5) is 20.2. The van der Waals surface area contributed by atoms with Crippen LogP contribution in [0.2, 0.25) is 0 Å². The van der Waals surface area contributed by atoms with Crippen LogP contribution in [0.4, 0.5) is 5.69 Å². The Labute approximate surface area is 108 Å². The molecule has 2 heterocycles. The number of aryl methyl sites for hydroxylation is 1. The van der Waals surface area contributed by atoms with Crippen LogP contribution >= 0.6 is 0 Å². The first-order valence-electron chi connectivity index (χ1n) is 5.61. The van der Waals surface area contributed by atoms with Crippen molar-refractivity contribution in [1.29, 1.82) is 0 Å². The Balaban J connectivity index is 1.87. The first kappa shape index (κ1) is 11.3. The summed E-state index contributed by atoms with van der Waals surface area (Å²) in [7, 11) is 1.70. The van der Waals surface area contributed by atoms with E-state index in [-0.39, 0.29) is 11.6 Å². The number of amides is 1. The van der Waals surface area contributed by atoms with Gasteiger partial charge in [0.1, 0.15) is 0 Å². The van der Waals surface area contributed by atoms with E-state index in [9.17, 15) is 4.79 Å². The molecule has 0 bridgehead atoms. The first-order valence-corrected chi connectivity index (χ1v) is 5.61. The highest BCUT2D eigenvalue weighted by Crippen LogP contribution is 2.15. The highest BCUT2D eigenvalue weighted by molar-refractivity contribution is 6.03. The quantitative estimate of drug-likeness (QED) is 0.737. The molecule has 3 rings (SSSR count). The van der Waals surface area contributed by atoms with Crippen LogP contribution in [0.15, 0.2) is 36.8 Å². The minimum atomic E-state index is -0.309. The number of nitrogens with zero attached hydrogens (tertiary/aromatic N) is 5. The molecule has 0 saturated carbocycles. The van der Waals surface area contributed by atoms with Gasteiger partial charge in [-0.2, -0.15) is 0 Å². The second kappa shape index (κ2) is 4.45. The topological polar surface area (TPSA) is 85.6 Å². The number of aromatic nitrogens is 5. The van der Waals surface area contributed by atoms with Gasteiger partial charge in [0.25, 0.3) is 5.91 Å². The molecule has 0 aliphatic rings. The molecule has 94 valence electrons. The summed E-state index contributed by atoms with van der Waals surface area (Å²) in [6.45, 7) is 0. The monoisotopic (exact) mass is 254 g/mol. The fraction of sp³-hybridized carbons (Fsp3) is 0.0833. The van der Waals surface area contributed by atoms with Gasteiger partial charge in [0, 0.05) is 25.1 Å². The van der Waals surface area contributed by atoms with Gasteiger partial charge in [-0.15, -0.1) is 5.10 Å². The SMILES string of the molecule is Cn1cc(C(=O)Nc2ccc3nccnc3c2)nn1. The second-order valence-corrected chi connectivity index (χ2v) is 3.99. The number of fused-ring (bicyclic) bond motifs is 1. The van der Waals surface area contributed by atoms with Crippen molar-refractivity contribution in [1.82, 2.24) is 25.0 Å². The Morgan fingerprint density at radius 3 is 2.74 bits per heavy atom. The van der Waals surface area contributed by atoms with Crippen LogP contribution in [0.25, 0.3) is 11.0 Å². The van der Waals surface area contributed by atoms with Crippen molar-refractivity contribution in [2.24, 2.45) is 7.05 Å². The largest absolute Gasteiger partial charge is 0.320 e. The number of nitrogens with one attached hydrogen (secondary N) is 1. The van der Waals surface area contributed by atoms with Crippen LogP contribution in [0, 0.1) is 0 Å². The Bertz CT molecular complexity index is 751. The maximum atomic E-state index is 11.9. The lowest BCUT2D eigenvalue weighted by molar-refractivity contribution is 0.102. The zero-order chi connectivity index (χ0) is 13.2. The van der Waals surface area contributed by atoms with Gasteiger partial charge in [-0.25, -0.2) is 0 Å². The van der Waals surface area contributed by atoms with E-state index in [4.69, 9.17) is 0 Å². The molecule has 19 heavy (non-hydrogen) atoms. The fourth-order valence-corrected chi connectivity index (χ4v) is 1.69. The Hall–Kier alpha value is -2.83. The van der Waals surface area contributed by atoms with E-state index >= 15 is 0 Å². The van der Waals surface area contributed by atoms with Crippen LogP contribution < -0.4 is 5.32 Å². The second-order valence-electron chi connectivity index (χ2n) is 3.99. The highest BCUT2D eigenvalue weighted by atomic mass is 16.2. The molecule has 0 radical (unpaired) electrons. The molecule has 0 aliphatic carbocycles. The molecule has 0 fully saturated rings. The van der Waals surface area contributed by atoms with Gasteiger partial charge in [0.05, 0.1) is 17.2 Å². The van der Waals surface area contributed by atoms with Crippen molar-refractivity contribution in [2.45, 2.75) is 0 Å². The summed E-state index contributed by atoms with van der Waals surface area (Å²) in [5.41, 5.74) is 2.41. The molecule has 1 N–H and O–H groups in total. The molecule has 1 aromatic carbocycles. The number of anilines is 1. The average Bonchev–Trinajstić information content (AvgIpc) is 2.85. The Morgan fingerprint density at radius 1 is 1.21 bits per heavy atom. The van der Waals surface area contributed by atoms with Gasteiger partial charge in [0.15, 0.2) is 5.69 Å². The smallest absolute Gasteiger partial charge is 0.277 e. The molecular weight excluding hydrogens is 244 g/mol. The predicted octanol–water partition coefficient (Wildman–Crippen LogP) is 1.01. The van der Waals surface area contributed by atoms with Crippen molar-refractivity contribution >= 4 is 22.6 Å². The minimum absolute atomic E-state index is 0.266. The fourth-order valence-electron chi connectivity index (χ4n) is 1.69. The third-order valence-corrected chi connectivity index (χ3v) is 2.56. The summed E-state index contributed by atoms with van der Waals surface area (Å²) in [5, 5.41) is 10.2. The number of carbonyl (C=O) groups is 1. The maximum absolute atomic E-state index is 11.9. The number of hydrogen-bond donors (Lipinski definition) is 1. The molecule has 7 heteroatoms. The van der Waals surface area contributed by atoms with E-state index in [0.717, 1.165) is 11.0 Å². The minimum Gasteiger partial charge on any atom is -0.320 e. The molecule has 0 atom stereocenters. The van der Waals surface area contributed by atoms with E-state index in [0.29, 0.717) is 5.69 Å². The number of rotatable bonds is 2. The lowest BCUT2D eigenvalue weighted by Crippen LogP contribution is -2.12. The van der Waals surface area contributed by atoms with Crippen LogP contribution in [0.5, 0.6) is 0 Å². The first-order chi connectivity index (χ1) is 9.22. The molecule has 0 aliphatic heterocycles. The Morgan fingerprint density at radius 2 is 2.00 bits per heavy atom. The summed E-state index contributed by atoms with van der Waals surface area (Å²) in [5.74, 6) is -0.309. The molecule has 2 aromatic heterocycles. The van der Waals surface area contributed by atoms with Gasteiger partial charge in [-0.05, 0) is 18.2 Å². The number of carbonyl (C=O) groups excluding carboxylic acids is 1. The van der Waals surface area contributed by atoms with Crippen molar-refractivity contribution < 1.29 is 4.79 Å². The van der Waals surface area contributed by atoms with Crippen LogP contribution in [0.1, 0.15) is 10.5 Å². The summed E-state index contributed by atoms with van der Waals surface area (Å²) >= 11 is 0. The third-order valence-electron chi connectivity index (χ3n) is 2.56. The van der Waals surface area contributed by atoms with Crippen LogP contribution in [0.3, 0.4) is 0 Å². The van der Waals surface area contributed by atoms with E-state index in [1.807, 2.05) is 0 Å². The Kier molecular flexibility index (Phi) is 2.64. The van der Waals surface area contributed by atoms with Crippen molar-refractivity contribution in [3.8, 4) is 0 Å². The standard InChI is InChI=1S/C12H10N6O/c1-18-7-11(16-17-18)12(19)15-8-2-3-9-10(6-8)14-5-4-13-9/h2-7H,1H3,(H,15,19). The number of hydrogen-bond acceptors (Lipinski definition) is 5. The number of benzene rings is 1. The van der Waals surface area contributed by atoms with Gasteiger partial charge >= 0.3 is 0 Å². The van der Waals surface area contributed by atoms with Crippen LogP contribution in [-0.4, -0.2) is 30.9 Å². The molecule has 1 amide bonds. The maximum Gasteiger partial charge on any atom is 0.277 e. The molecule has 0 spiro atoms. The van der Waals surface area contributed by atoms with E-state index in [1.54, 1.807) is 43.8 Å². The molecule has 0 saturated heterocycles. The van der Waals surface area contributed by atoms with Crippen molar-refractivity contribution in [3.63, 3.8) is 0 Å². The van der Waals surface area contributed by atoms with Crippen molar-refractivity contribution in [2.75, 3.05) is 5.32 Å². The van der Waals surface area contributed by atoms with Gasteiger partial charge < -0.3 is 5.32 Å². The molecular formula is C12H10N6O. The summed E-state index contributed by atoms with van der Waals surface area (Å²) in [6, 6.07) is 5.33.